The zero-order valence-corrected chi connectivity index (χ0v) is 16.7. The summed E-state index contributed by atoms with van der Waals surface area (Å²) < 4.78 is 11.1. The number of hydrogen-bond donors (Lipinski definition) is 0. The molecule has 0 bridgehead atoms. The van der Waals surface area contributed by atoms with Crippen molar-refractivity contribution >= 4 is 11.9 Å². The van der Waals surface area contributed by atoms with Crippen molar-refractivity contribution < 1.29 is 13.9 Å². The van der Waals surface area contributed by atoms with Crippen LogP contribution in [0.25, 0.3) is 11.1 Å². The summed E-state index contributed by atoms with van der Waals surface area (Å²) in [7, 11) is 1.59. The number of rotatable bonds is 5. The van der Waals surface area contributed by atoms with Gasteiger partial charge in [0, 0.05) is 32.6 Å². The average molecular weight is 392 g/mol. The number of amides is 1. The lowest BCUT2D eigenvalue weighted by atomic mass is 10.0. The summed E-state index contributed by atoms with van der Waals surface area (Å²) in [6.07, 6.45) is 0.711. The Morgan fingerprint density at radius 2 is 1.79 bits per heavy atom. The summed E-state index contributed by atoms with van der Waals surface area (Å²) in [5.74, 6) is 1.18. The fourth-order valence-corrected chi connectivity index (χ4v) is 3.47. The lowest BCUT2D eigenvalue weighted by Crippen LogP contribution is -2.49. The summed E-state index contributed by atoms with van der Waals surface area (Å²) in [6, 6.07) is 16.3. The third-order valence-electron chi connectivity index (χ3n) is 5.13. The molecule has 1 saturated heterocycles. The number of aryl methyl sites for hydroxylation is 1. The molecule has 29 heavy (non-hydrogen) atoms. The highest BCUT2D eigenvalue weighted by Gasteiger charge is 2.26. The molecule has 4 rings (SSSR count). The highest BCUT2D eigenvalue weighted by Crippen LogP contribution is 2.28. The van der Waals surface area contributed by atoms with Gasteiger partial charge in [0.15, 0.2) is 0 Å². The minimum atomic E-state index is -0.0287. The van der Waals surface area contributed by atoms with E-state index in [4.69, 9.17) is 9.15 Å². The van der Waals surface area contributed by atoms with Crippen LogP contribution in [0.2, 0.25) is 0 Å². The molecule has 1 aliphatic rings. The van der Waals surface area contributed by atoms with Gasteiger partial charge in [-0.3, -0.25) is 4.79 Å². The first-order valence-electron chi connectivity index (χ1n) is 9.79. The second-order valence-electron chi connectivity index (χ2n) is 6.89. The van der Waals surface area contributed by atoms with Crippen LogP contribution in [0.4, 0.5) is 6.01 Å². The summed E-state index contributed by atoms with van der Waals surface area (Å²) in [4.78, 5) is 17.1. The predicted octanol–water partition coefficient (Wildman–Crippen LogP) is 3.27. The number of methoxy groups -OCH3 is 1. The average Bonchev–Trinajstić information content (AvgIpc) is 3.28. The van der Waals surface area contributed by atoms with Gasteiger partial charge in [0.25, 0.3) is 5.91 Å². The van der Waals surface area contributed by atoms with E-state index in [1.807, 2.05) is 65.3 Å². The van der Waals surface area contributed by atoms with E-state index >= 15 is 0 Å². The van der Waals surface area contributed by atoms with Crippen molar-refractivity contribution in [3.8, 4) is 16.9 Å². The van der Waals surface area contributed by atoms with Gasteiger partial charge in [-0.25, -0.2) is 0 Å². The second-order valence-corrected chi connectivity index (χ2v) is 6.89. The van der Waals surface area contributed by atoms with Crippen LogP contribution in [0.15, 0.2) is 52.9 Å². The second kappa shape index (κ2) is 8.34. The van der Waals surface area contributed by atoms with Crippen LogP contribution in [0.1, 0.15) is 23.2 Å². The number of piperazine rings is 1. The topological polar surface area (TPSA) is 71.7 Å². The van der Waals surface area contributed by atoms with Gasteiger partial charge in [0.2, 0.25) is 5.89 Å². The van der Waals surface area contributed by atoms with Crippen LogP contribution < -0.4 is 9.64 Å². The Balaban J connectivity index is 1.51. The monoisotopic (exact) mass is 392 g/mol. The van der Waals surface area contributed by atoms with Crippen LogP contribution in [-0.4, -0.2) is 54.3 Å². The van der Waals surface area contributed by atoms with E-state index in [1.165, 1.54) is 0 Å². The Morgan fingerprint density at radius 1 is 1.03 bits per heavy atom. The standard InChI is InChI=1S/C22H24N4O3/c1-3-20-23-24-22(29-20)26-13-11-25(12-14-26)21(27)18-15-17(9-10-19(18)28-2)16-7-5-4-6-8-16/h4-10,15H,3,11-14H2,1-2H3. The molecule has 7 heteroatoms. The number of ether oxygens (including phenoxy) is 1. The number of carbonyl (C=O) groups is 1. The van der Waals surface area contributed by atoms with Gasteiger partial charge in [-0.05, 0) is 23.3 Å². The maximum Gasteiger partial charge on any atom is 0.318 e. The van der Waals surface area contributed by atoms with E-state index in [9.17, 15) is 4.79 Å². The number of benzene rings is 2. The molecule has 7 nitrogen and oxygen atoms in total. The van der Waals surface area contributed by atoms with Gasteiger partial charge in [-0.2, -0.15) is 0 Å². The molecule has 0 aliphatic carbocycles. The quantitative estimate of drug-likeness (QED) is 0.664. The minimum absolute atomic E-state index is 0.0287. The minimum Gasteiger partial charge on any atom is -0.496 e. The van der Waals surface area contributed by atoms with Crippen molar-refractivity contribution in [3.05, 3.63) is 60.0 Å². The Hall–Kier alpha value is -3.35. The van der Waals surface area contributed by atoms with Gasteiger partial charge in [0.1, 0.15) is 5.75 Å². The molecule has 0 atom stereocenters. The first kappa shape index (κ1) is 19.0. The number of anilines is 1. The SMILES string of the molecule is CCc1nnc(N2CCN(C(=O)c3cc(-c4ccccc4)ccc3OC)CC2)o1. The van der Waals surface area contributed by atoms with E-state index in [2.05, 4.69) is 10.2 Å². The first-order valence-corrected chi connectivity index (χ1v) is 9.79. The van der Waals surface area contributed by atoms with Gasteiger partial charge in [0.05, 0.1) is 12.7 Å². The molecule has 0 radical (unpaired) electrons. The number of hydrogen-bond acceptors (Lipinski definition) is 6. The first-order chi connectivity index (χ1) is 14.2. The number of carbonyl (C=O) groups excluding carboxylic acids is 1. The van der Waals surface area contributed by atoms with Gasteiger partial charge in [-0.1, -0.05) is 48.4 Å². The summed E-state index contributed by atoms with van der Waals surface area (Å²) in [6.45, 7) is 4.45. The molecule has 1 fully saturated rings. The van der Waals surface area contributed by atoms with Crippen molar-refractivity contribution in [3.63, 3.8) is 0 Å². The van der Waals surface area contributed by atoms with E-state index < -0.39 is 0 Å². The van der Waals surface area contributed by atoms with Crippen molar-refractivity contribution in [2.75, 3.05) is 38.2 Å². The zero-order valence-electron chi connectivity index (χ0n) is 16.7. The normalized spacial score (nSPS) is 14.1. The molecule has 3 aromatic rings. The summed E-state index contributed by atoms with van der Waals surface area (Å²) >= 11 is 0. The Labute approximate surface area is 169 Å². The van der Waals surface area contributed by atoms with Crippen molar-refractivity contribution in [2.24, 2.45) is 0 Å². The lowest BCUT2D eigenvalue weighted by Gasteiger charge is -2.34. The molecule has 1 aliphatic heterocycles. The molecule has 0 N–H and O–H groups in total. The smallest absolute Gasteiger partial charge is 0.318 e. The Bertz CT molecular complexity index is 979. The molecule has 1 aromatic heterocycles. The molecular weight excluding hydrogens is 368 g/mol. The molecule has 2 heterocycles. The summed E-state index contributed by atoms with van der Waals surface area (Å²) in [5.41, 5.74) is 2.64. The van der Waals surface area contributed by atoms with Gasteiger partial charge >= 0.3 is 6.01 Å². The lowest BCUT2D eigenvalue weighted by molar-refractivity contribution is 0.0741. The largest absolute Gasteiger partial charge is 0.496 e. The third-order valence-corrected chi connectivity index (χ3v) is 5.13. The van der Waals surface area contributed by atoms with Crippen LogP contribution in [0.5, 0.6) is 5.75 Å². The fourth-order valence-electron chi connectivity index (χ4n) is 3.47. The highest BCUT2D eigenvalue weighted by molar-refractivity contribution is 5.98. The fraction of sp³-hybridized carbons (Fsp3) is 0.318. The molecule has 150 valence electrons. The summed E-state index contributed by atoms with van der Waals surface area (Å²) in [5, 5.41) is 8.11. The predicted molar refractivity (Wildman–Crippen MR) is 110 cm³/mol. The van der Waals surface area contributed by atoms with Crippen LogP contribution >= 0.6 is 0 Å². The van der Waals surface area contributed by atoms with E-state index in [0.29, 0.717) is 55.8 Å². The van der Waals surface area contributed by atoms with Gasteiger partial charge < -0.3 is 19.0 Å². The van der Waals surface area contributed by atoms with E-state index in [0.717, 1.165) is 11.1 Å². The van der Waals surface area contributed by atoms with Crippen LogP contribution in [0.3, 0.4) is 0 Å². The molecular formula is C22H24N4O3. The number of aromatic nitrogens is 2. The van der Waals surface area contributed by atoms with Crippen LogP contribution in [-0.2, 0) is 6.42 Å². The Morgan fingerprint density at radius 3 is 2.45 bits per heavy atom. The van der Waals surface area contributed by atoms with Crippen molar-refractivity contribution in [1.29, 1.82) is 0 Å². The molecule has 0 spiro atoms. The number of nitrogens with zero attached hydrogens (tertiary/aromatic N) is 4. The van der Waals surface area contributed by atoms with Crippen molar-refractivity contribution in [2.45, 2.75) is 13.3 Å². The molecule has 0 unspecified atom stereocenters. The maximum absolute atomic E-state index is 13.2. The highest BCUT2D eigenvalue weighted by atomic mass is 16.5. The van der Waals surface area contributed by atoms with Crippen LogP contribution in [0, 0.1) is 0 Å². The Kier molecular flexibility index (Phi) is 5.46. The van der Waals surface area contributed by atoms with E-state index in [-0.39, 0.29) is 5.91 Å². The molecule has 1 amide bonds. The molecule has 2 aromatic carbocycles. The maximum atomic E-state index is 13.2. The molecule has 0 saturated carbocycles. The van der Waals surface area contributed by atoms with Gasteiger partial charge in [-0.15, -0.1) is 5.10 Å². The third kappa shape index (κ3) is 3.94. The van der Waals surface area contributed by atoms with E-state index in [1.54, 1.807) is 7.11 Å². The van der Waals surface area contributed by atoms with Crippen molar-refractivity contribution in [1.82, 2.24) is 15.1 Å². The zero-order chi connectivity index (χ0) is 20.2.